The van der Waals surface area contributed by atoms with E-state index >= 15 is 0 Å². The highest BCUT2D eigenvalue weighted by Crippen LogP contribution is 2.27. The van der Waals surface area contributed by atoms with Gasteiger partial charge in [0, 0.05) is 39.3 Å². The molecule has 24 heavy (non-hydrogen) atoms. The quantitative estimate of drug-likeness (QED) is 0.577. The van der Waals surface area contributed by atoms with E-state index in [2.05, 4.69) is 20.5 Å². The second kappa shape index (κ2) is 9.62. The molecule has 0 bridgehead atoms. The average Bonchev–Trinajstić information content (AvgIpc) is 3.28. The van der Waals surface area contributed by atoms with E-state index in [4.69, 9.17) is 4.74 Å². The van der Waals surface area contributed by atoms with Crippen molar-refractivity contribution in [3.63, 3.8) is 0 Å². The second-order valence-corrected chi connectivity index (χ2v) is 7.76. The van der Waals surface area contributed by atoms with E-state index in [1.54, 1.807) is 0 Å². The van der Waals surface area contributed by atoms with Gasteiger partial charge < -0.3 is 15.4 Å². The lowest BCUT2D eigenvalue weighted by molar-refractivity contribution is 0.113. The van der Waals surface area contributed by atoms with Gasteiger partial charge in [-0.1, -0.05) is 19.3 Å². The van der Waals surface area contributed by atoms with Gasteiger partial charge in [0.15, 0.2) is 5.96 Å². The first-order valence-electron chi connectivity index (χ1n) is 10.2. The number of nitrogens with zero attached hydrogens (tertiary/aromatic N) is 2. The van der Waals surface area contributed by atoms with E-state index in [1.165, 1.54) is 70.9 Å². The molecule has 0 spiro atoms. The van der Waals surface area contributed by atoms with E-state index in [9.17, 15) is 0 Å². The number of guanidine groups is 1. The van der Waals surface area contributed by atoms with Crippen LogP contribution >= 0.6 is 0 Å². The van der Waals surface area contributed by atoms with Crippen LogP contribution in [-0.2, 0) is 4.74 Å². The summed E-state index contributed by atoms with van der Waals surface area (Å²) in [5, 5.41) is 6.97. The van der Waals surface area contributed by atoms with Crippen molar-refractivity contribution in [3.05, 3.63) is 0 Å². The van der Waals surface area contributed by atoms with Gasteiger partial charge in [0.25, 0.3) is 0 Å². The van der Waals surface area contributed by atoms with Crippen LogP contribution in [0.2, 0.25) is 0 Å². The molecule has 1 aliphatic carbocycles. The number of rotatable bonds is 6. The first-order chi connectivity index (χ1) is 11.8. The third-order valence-corrected chi connectivity index (χ3v) is 5.97. The Morgan fingerprint density at radius 3 is 2.58 bits per heavy atom. The summed E-state index contributed by atoms with van der Waals surface area (Å²) in [5.74, 6) is 1.87. The number of aliphatic imine (C=N–C) groups is 1. The molecule has 0 aromatic rings. The van der Waals surface area contributed by atoms with Gasteiger partial charge in [-0.05, 0) is 51.0 Å². The van der Waals surface area contributed by atoms with Gasteiger partial charge in [0.2, 0.25) is 0 Å². The van der Waals surface area contributed by atoms with Crippen molar-refractivity contribution in [1.29, 1.82) is 0 Å². The fourth-order valence-electron chi connectivity index (χ4n) is 4.52. The van der Waals surface area contributed by atoms with Crippen molar-refractivity contribution < 1.29 is 4.74 Å². The maximum atomic E-state index is 5.67. The predicted molar refractivity (Wildman–Crippen MR) is 99.5 cm³/mol. The molecule has 2 unspecified atom stereocenters. The lowest BCUT2D eigenvalue weighted by atomic mass is 9.89. The number of likely N-dealkylation sites (tertiary alicyclic amines) is 1. The molecule has 2 aliphatic heterocycles. The molecule has 0 radical (unpaired) electrons. The van der Waals surface area contributed by atoms with Gasteiger partial charge >= 0.3 is 0 Å². The fourth-order valence-corrected chi connectivity index (χ4v) is 4.52. The van der Waals surface area contributed by atoms with E-state index < -0.39 is 0 Å². The van der Waals surface area contributed by atoms with Gasteiger partial charge in [-0.15, -0.1) is 0 Å². The fraction of sp³-hybridized carbons (Fsp3) is 0.947. The zero-order valence-electron chi connectivity index (χ0n) is 15.4. The highest BCUT2D eigenvalue weighted by atomic mass is 16.5. The summed E-state index contributed by atoms with van der Waals surface area (Å²) < 4.78 is 5.67. The zero-order chi connectivity index (χ0) is 16.6. The molecule has 138 valence electrons. The molecule has 1 saturated carbocycles. The minimum absolute atomic E-state index is 0.359. The first kappa shape index (κ1) is 18.0. The van der Waals surface area contributed by atoms with Crippen LogP contribution in [0.25, 0.3) is 0 Å². The van der Waals surface area contributed by atoms with Crippen LogP contribution in [0.1, 0.15) is 57.8 Å². The number of ether oxygens (including phenoxy) is 1. The normalized spacial score (nSPS) is 30.0. The van der Waals surface area contributed by atoms with Gasteiger partial charge in [-0.2, -0.15) is 0 Å². The Labute approximate surface area is 147 Å². The minimum atomic E-state index is 0.359. The van der Waals surface area contributed by atoms with Crippen molar-refractivity contribution in [2.24, 2.45) is 10.9 Å². The number of nitrogens with one attached hydrogen (secondary N) is 2. The molecule has 0 aromatic heterocycles. The highest BCUT2D eigenvalue weighted by molar-refractivity contribution is 5.79. The Kier molecular flexibility index (Phi) is 7.21. The SMILES string of the molecule is CN=C(NCC1CCCO1)NCC1CCCN1CC1CCCCC1. The Balaban J connectivity index is 1.38. The van der Waals surface area contributed by atoms with Crippen molar-refractivity contribution in [2.75, 3.05) is 39.8 Å². The summed E-state index contributed by atoms with van der Waals surface area (Å²) in [7, 11) is 1.86. The molecule has 3 aliphatic rings. The van der Waals surface area contributed by atoms with Crippen LogP contribution in [0.4, 0.5) is 0 Å². The molecule has 5 heteroatoms. The Bertz CT molecular complexity index is 389. The lowest BCUT2D eigenvalue weighted by Crippen LogP contribution is -2.47. The summed E-state index contributed by atoms with van der Waals surface area (Å²) in [4.78, 5) is 7.10. The molecule has 0 amide bonds. The van der Waals surface area contributed by atoms with Gasteiger partial charge in [0.1, 0.15) is 0 Å². The summed E-state index contributed by atoms with van der Waals surface area (Å²) in [5.41, 5.74) is 0. The molecule has 2 N–H and O–H groups in total. The van der Waals surface area contributed by atoms with E-state index in [0.717, 1.165) is 31.6 Å². The molecule has 2 saturated heterocycles. The molecule has 0 aromatic carbocycles. The van der Waals surface area contributed by atoms with Crippen molar-refractivity contribution in [1.82, 2.24) is 15.5 Å². The third-order valence-electron chi connectivity index (χ3n) is 5.97. The highest BCUT2D eigenvalue weighted by Gasteiger charge is 2.27. The molecule has 5 nitrogen and oxygen atoms in total. The van der Waals surface area contributed by atoms with Crippen LogP contribution in [0.5, 0.6) is 0 Å². The van der Waals surface area contributed by atoms with Crippen molar-refractivity contribution >= 4 is 5.96 Å². The Hall–Kier alpha value is -0.810. The van der Waals surface area contributed by atoms with E-state index in [1.807, 2.05) is 7.05 Å². The van der Waals surface area contributed by atoms with Crippen LogP contribution in [0.15, 0.2) is 4.99 Å². The van der Waals surface area contributed by atoms with Crippen molar-refractivity contribution in [2.45, 2.75) is 69.9 Å². The molecular weight excluding hydrogens is 300 g/mol. The average molecular weight is 337 g/mol. The standard InChI is InChI=1S/C19H36N4O/c1-20-19(22-14-18-10-6-12-24-18)21-13-17-9-5-11-23(17)15-16-7-3-2-4-8-16/h16-18H,2-15H2,1H3,(H2,20,21,22). The zero-order valence-corrected chi connectivity index (χ0v) is 15.4. The minimum Gasteiger partial charge on any atom is -0.376 e. The number of hydrogen-bond acceptors (Lipinski definition) is 3. The molecule has 2 atom stereocenters. The predicted octanol–water partition coefficient (Wildman–Crippen LogP) is 2.38. The molecule has 2 heterocycles. The topological polar surface area (TPSA) is 48.9 Å². The monoisotopic (exact) mass is 336 g/mol. The number of hydrogen-bond donors (Lipinski definition) is 2. The van der Waals surface area contributed by atoms with Gasteiger partial charge in [0.05, 0.1) is 6.10 Å². The summed E-state index contributed by atoms with van der Waals surface area (Å²) >= 11 is 0. The molecule has 3 fully saturated rings. The lowest BCUT2D eigenvalue weighted by Gasteiger charge is -2.31. The van der Waals surface area contributed by atoms with Gasteiger partial charge in [-0.25, -0.2) is 0 Å². The molecule has 3 rings (SSSR count). The smallest absolute Gasteiger partial charge is 0.191 e. The summed E-state index contributed by atoms with van der Waals surface area (Å²) in [6, 6.07) is 0.674. The van der Waals surface area contributed by atoms with Gasteiger partial charge in [-0.3, -0.25) is 9.89 Å². The van der Waals surface area contributed by atoms with Crippen molar-refractivity contribution in [3.8, 4) is 0 Å². The Morgan fingerprint density at radius 2 is 1.83 bits per heavy atom. The van der Waals surface area contributed by atoms with Crippen LogP contribution in [-0.4, -0.2) is 62.8 Å². The third kappa shape index (κ3) is 5.35. The first-order valence-corrected chi connectivity index (χ1v) is 10.2. The second-order valence-electron chi connectivity index (χ2n) is 7.76. The van der Waals surface area contributed by atoms with Crippen LogP contribution < -0.4 is 10.6 Å². The maximum absolute atomic E-state index is 5.67. The Morgan fingerprint density at radius 1 is 1.00 bits per heavy atom. The molecular formula is C19H36N4O. The summed E-state index contributed by atoms with van der Waals surface area (Å²) in [6.45, 7) is 5.39. The van der Waals surface area contributed by atoms with Crippen LogP contribution in [0.3, 0.4) is 0 Å². The largest absolute Gasteiger partial charge is 0.376 e. The van der Waals surface area contributed by atoms with E-state index in [0.29, 0.717) is 12.1 Å². The summed E-state index contributed by atoms with van der Waals surface area (Å²) in [6.07, 6.45) is 12.6. The van der Waals surface area contributed by atoms with Crippen LogP contribution in [0, 0.1) is 5.92 Å². The maximum Gasteiger partial charge on any atom is 0.191 e. The van der Waals surface area contributed by atoms with E-state index in [-0.39, 0.29) is 0 Å².